The van der Waals surface area contributed by atoms with Crippen LogP contribution in [0.25, 0.3) is 0 Å². The molecule has 0 aliphatic heterocycles. The zero-order valence-corrected chi connectivity index (χ0v) is 14.9. The first-order chi connectivity index (χ1) is 10.5. The van der Waals surface area contributed by atoms with Crippen molar-refractivity contribution in [1.82, 2.24) is 9.78 Å². The number of halogens is 3. The summed E-state index contributed by atoms with van der Waals surface area (Å²) in [5, 5.41) is 3.42. The van der Waals surface area contributed by atoms with Crippen LogP contribution in [0.5, 0.6) is 0 Å². The van der Waals surface area contributed by atoms with Crippen LogP contribution in [0.15, 0.2) is 6.20 Å². The first-order valence-electron chi connectivity index (χ1n) is 7.44. The lowest BCUT2D eigenvalue weighted by atomic mass is 10.2. The van der Waals surface area contributed by atoms with Crippen molar-refractivity contribution in [3.05, 3.63) is 17.5 Å². The third-order valence-electron chi connectivity index (χ3n) is 2.91. The van der Waals surface area contributed by atoms with E-state index in [4.69, 9.17) is 9.47 Å². The first-order valence-corrected chi connectivity index (χ1v) is 11.1. The first kappa shape index (κ1) is 19.7. The molecule has 1 aromatic rings. The zero-order chi connectivity index (χ0) is 17.7. The molecule has 0 saturated heterocycles. The summed E-state index contributed by atoms with van der Waals surface area (Å²) in [6.07, 6.45) is -3.17. The van der Waals surface area contributed by atoms with Gasteiger partial charge in [-0.15, -0.1) is 0 Å². The highest BCUT2D eigenvalue weighted by atomic mass is 28.3. The van der Waals surface area contributed by atoms with Gasteiger partial charge in [0.15, 0.2) is 5.69 Å². The maximum Gasteiger partial charge on any atom is 0.436 e. The van der Waals surface area contributed by atoms with Crippen LogP contribution in [0.4, 0.5) is 13.2 Å². The minimum atomic E-state index is -4.72. The Balaban J connectivity index is 2.78. The van der Waals surface area contributed by atoms with Crippen LogP contribution in [0.2, 0.25) is 25.7 Å². The van der Waals surface area contributed by atoms with Gasteiger partial charge in [-0.25, -0.2) is 9.48 Å². The zero-order valence-electron chi connectivity index (χ0n) is 13.9. The van der Waals surface area contributed by atoms with E-state index in [0.29, 0.717) is 13.0 Å². The van der Waals surface area contributed by atoms with Gasteiger partial charge in [-0.3, -0.25) is 0 Å². The second kappa shape index (κ2) is 7.96. The highest BCUT2D eigenvalue weighted by Crippen LogP contribution is 2.31. The highest BCUT2D eigenvalue weighted by molar-refractivity contribution is 6.76. The number of rotatable bonds is 8. The average Bonchev–Trinajstić information content (AvgIpc) is 2.84. The number of alkyl halides is 3. The van der Waals surface area contributed by atoms with E-state index in [2.05, 4.69) is 24.7 Å². The number of carbonyl (C=O) groups is 1. The van der Waals surface area contributed by atoms with E-state index in [-0.39, 0.29) is 13.3 Å². The molecule has 23 heavy (non-hydrogen) atoms. The molecule has 0 fully saturated rings. The van der Waals surface area contributed by atoms with E-state index in [1.807, 2.05) is 0 Å². The molecule has 1 heterocycles. The molecule has 0 N–H and O–H groups in total. The van der Waals surface area contributed by atoms with Crippen LogP contribution < -0.4 is 0 Å². The summed E-state index contributed by atoms with van der Waals surface area (Å²) >= 11 is 0. The maximum absolute atomic E-state index is 13.0. The SMILES string of the molecule is CCCOC(=O)c1cn(COCC[Si](C)(C)C)nc1C(F)(F)F. The van der Waals surface area contributed by atoms with Crippen LogP contribution in [0.3, 0.4) is 0 Å². The minimum absolute atomic E-state index is 0.0635. The Kier molecular flexibility index (Phi) is 6.81. The summed E-state index contributed by atoms with van der Waals surface area (Å²) in [7, 11) is -1.27. The Bertz CT molecular complexity index is 524. The van der Waals surface area contributed by atoms with Crippen molar-refractivity contribution >= 4 is 14.0 Å². The molecule has 0 amide bonds. The van der Waals surface area contributed by atoms with E-state index in [1.54, 1.807) is 6.92 Å². The van der Waals surface area contributed by atoms with Crippen molar-refractivity contribution in [1.29, 1.82) is 0 Å². The lowest BCUT2D eigenvalue weighted by Gasteiger charge is -2.15. The summed E-state index contributed by atoms with van der Waals surface area (Å²) in [6.45, 7) is 8.67. The molecule has 0 saturated carbocycles. The molecule has 0 aliphatic rings. The average molecular weight is 352 g/mol. The van der Waals surface area contributed by atoms with Gasteiger partial charge in [-0.1, -0.05) is 26.6 Å². The van der Waals surface area contributed by atoms with Crippen LogP contribution in [-0.4, -0.2) is 37.0 Å². The number of nitrogens with zero attached hydrogens (tertiary/aromatic N) is 2. The van der Waals surface area contributed by atoms with Gasteiger partial charge in [-0.2, -0.15) is 18.3 Å². The highest BCUT2D eigenvalue weighted by Gasteiger charge is 2.39. The van der Waals surface area contributed by atoms with Gasteiger partial charge in [-0.05, 0) is 12.5 Å². The number of aromatic nitrogens is 2. The Hall–Kier alpha value is -1.35. The van der Waals surface area contributed by atoms with Crippen molar-refractivity contribution in [2.45, 2.75) is 51.9 Å². The van der Waals surface area contributed by atoms with Crippen LogP contribution >= 0.6 is 0 Å². The Morgan fingerprint density at radius 3 is 2.48 bits per heavy atom. The molecule has 132 valence electrons. The van der Waals surface area contributed by atoms with Gasteiger partial charge >= 0.3 is 12.1 Å². The monoisotopic (exact) mass is 352 g/mol. The number of hydrogen-bond acceptors (Lipinski definition) is 4. The van der Waals surface area contributed by atoms with Gasteiger partial charge in [0.25, 0.3) is 0 Å². The van der Waals surface area contributed by atoms with Crippen molar-refractivity contribution in [3.63, 3.8) is 0 Å². The van der Waals surface area contributed by atoms with Crippen molar-refractivity contribution < 1.29 is 27.4 Å². The number of esters is 1. The van der Waals surface area contributed by atoms with Crippen molar-refractivity contribution in [2.75, 3.05) is 13.2 Å². The molecule has 9 heteroatoms. The molecular formula is C14H23F3N2O3Si. The molecule has 1 rings (SSSR count). The fourth-order valence-corrected chi connectivity index (χ4v) is 2.41. The molecule has 1 aromatic heterocycles. The quantitative estimate of drug-likeness (QED) is 0.406. The molecule has 0 radical (unpaired) electrons. The van der Waals surface area contributed by atoms with E-state index >= 15 is 0 Å². The summed E-state index contributed by atoms with van der Waals surface area (Å²) in [5.41, 5.74) is -1.83. The van der Waals surface area contributed by atoms with Crippen molar-refractivity contribution in [3.8, 4) is 0 Å². The van der Waals surface area contributed by atoms with Crippen LogP contribution in [0, 0.1) is 0 Å². The van der Waals surface area contributed by atoms with Gasteiger partial charge in [0, 0.05) is 20.9 Å². The minimum Gasteiger partial charge on any atom is -0.462 e. The number of carbonyl (C=O) groups excluding carboxylic acids is 1. The third kappa shape index (κ3) is 6.74. The molecule has 5 nitrogen and oxygen atoms in total. The summed E-state index contributed by atoms with van der Waals surface area (Å²) in [6, 6.07) is 0.895. The molecule has 0 atom stereocenters. The second-order valence-electron chi connectivity index (χ2n) is 6.41. The van der Waals surface area contributed by atoms with Crippen LogP contribution in [-0.2, 0) is 22.4 Å². The summed E-state index contributed by atoms with van der Waals surface area (Å²) < 4.78 is 50.0. The fraction of sp³-hybridized carbons (Fsp3) is 0.714. The van der Waals surface area contributed by atoms with E-state index in [0.717, 1.165) is 16.9 Å². The number of ether oxygens (including phenoxy) is 2. The Morgan fingerprint density at radius 1 is 1.30 bits per heavy atom. The summed E-state index contributed by atoms with van der Waals surface area (Å²) in [4.78, 5) is 11.7. The van der Waals surface area contributed by atoms with E-state index < -0.39 is 31.5 Å². The maximum atomic E-state index is 13.0. The third-order valence-corrected chi connectivity index (χ3v) is 4.61. The van der Waals surface area contributed by atoms with Gasteiger partial charge in [0.05, 0.1) is 6.61 Å². The molecule has 0 unspecified atom stereocenters. The lowest BCUT2D eigenvalue weighted by Crippen LogP contribution is -2.22. The molecule has 0 aromatic carbocycles. The van der Waals surface area contributed by atoms with Crippen molar-refractivity contribution in [2.24, 2.45) is 0 Å². The standard InChI is InChI=1S/C14H23F3N2O3Si/c1-5-6-22-13(20)11-9-19(18-12(11)14(15,16)17)10-21-7-8-23(2,3)4/h9H,5-8,10H2,1-4H3. The number of hydrogen-bond donors (Lipinski definition) is 0. The predicted octanol–water partition coefficient (Wildman–Crippen LogP) is 3.78. The topological polar surface area (TPSA) is 53.4 Å². The molecule has 0 aliphatic carbocycles. The Morgan fingerprint density at radius 2 is 1.96 bits per heavy atom. The summed E-state index contributed by atoms with van der Waals surface area (Å²) in [5.74, 6) is -1.02. The fourth-order valence-electron chi connectivity index (χ4n) is 1.66. The Labute approximate surface area is 134 Å². The lowest BCUT2D eigenvalue weighted by molar-refractivity contribution is -0.142. The van der Waals surface area contributed by atoms with Crippen LogP contribution in [0.1, 0.15) is 29.4 Å². The molecule has 0 spiro atoms. The predicted molar refractivity (Wildman–Crippen MR) is 81.9 cm³/mol. The normalized spacial score (nSPS) is 12.5. The molecular weight excluding hydrogens is 329 g/mol. The van der Waals surface area contributed by atoms with Gasteiger partial charge < -0.3 is 9.47 Å². The largest absolute Gasteiger partial charge is 0.462 e. The second-order valence-corrected chi connectivity index (χ2v) is 12.0. The van der Waals surface area contributed by atoms with E-state index in [1.165, 1.54) is 0 Å². The molecule has 0 bridgehead atoms. The van der Waals surface area contributed by atoms with Gasteiger partial charge in [0.2, 0.25) is 0 Å². The van der Waals surface area contributed by atoms with Gasteiger partial charge in [0.1, 0.15) is 12.3 Å². The smallest absolute Gasteiger partial charge is 0.436 e. The van der Waals surface area contributed by atoms with E-state index in [9.17, 15) is 18.0 Å².